The van der Waals surface area contributed by atoms with Gasteiger partial charge >= 0.3 is 12.0 Å². The summed E-state index contributed by atoms with van der Waals surface area (Å²) >= 11 is 0. The van der Waals surface area contributed by atoms with E-state index in [2.05, 4.69) is 9.47 Å². The zero-order chi connectivity index (χ0) is 7.98. The predicted octanol–water partition coefficient (Wildman–Crippen LogP) is 1.94. The number of hydrogen-bond donors (Lipinski definition) is 0. The molecule has 0 atom stereocenters. The summed E-state index contributed by atoms with van der Waals surface area (Å²) in [5, 5.41) is 0. The van der Waals surface area contributed by atoms with Crippen molar-refractivity contribution in [1.82, 2.24) is 0 Å². The van der Waals surface area contributed by atoms with Crippen molar-refractivity contribution in [1.29, 1.82) is 0 Å². The maximum absolute atomic E-state index is 11.4. The molecule has 0 heterocycles. The van der Waals surface area contributed by atoms with Gasteiger partial charge < -0.3 is 9.47 Å². The second kappa shape index (κ2) is 4.89. The summed E-state index contributed by atoms with van der Waals surface area (Å²) in [4.78, 5) is 0. The normalized spacial score (nSPS) is 8.80. The van der Waals surface area contributed by atoms with Crippen molar-refractivity contribution in [3.05, 3.63) is 12.0 Å². The Bertz CT molecular complexity index is 112. The average molecular weight is 160 g/mol. The van der Waals surface area contributed by atoms with Gasteiger partial charge in [-0.2, -0.15) is 8.78 Å². The molecule has 0 radical (unpaired) electrons. The van der Waals surface area contributed by atoms with Gasteiger partial charge in [0.25, 0.3) is 0 Å². The van der Waals surface area contributed by atoms with Crippen LogP contribution in [0.15, 0.2) is 12.0 Å². The third-order valence-corrected chi connectivity index (χ3v) is 0.526. The Morgan fingerprint density at radius 2 is 1.40 bits per heavy atom. The van der Waals surface area contributed by atoms with E-state index in [1.165, 1.54) is 0 Å². The summed E-state index contributed by atoms with van der Waals surface area (Å²) in [6, 6.07) is 0. The van der Waals surface area contributed by atoms with Crippen LogP contribution in [0.5, 0.6) is 0 Å². The first kappa shape index (κ1) is 9.06. The Kier molecular flexibility index (Phi) is 4.43. The van der Waals surface area contributed by atoms with E-state index in [9.17, 15) is 17.6 Å². The lowest BCUT2D eigenvalue weighted by Crippen LogP contribution is -1.97. The van der Waals surface area contributed by atoms with E-state index in [-0.39, 0.29) is 0 Å². The Morgan fingerprint density at radius 3 is 1.60 bits per heavy atom. The fourth-order valence-corrected chi connectivity index (χ4v) is 0.250. The molecule has 2 nitrogen and oxygen atoms in total. The first-order valence-corrected chi connectivity index (χ1v) is 2.15. The lowest BCUT2D eigenvalue weighted by Gasteiger charge is -2.02. The quantitative estimate of drug-likeness (QED) is 0.462. The van der Waals surface area contributed by atoms with Gasteiger partial charge in [0.05, 0.1) is 0 Å². The van der Waals surface area contributed by atoms with Crippen molar-refractivity contribution in [2.24, 2.45) is 0 Å². The zero-order valence-electron chi connectivity index (χ0n) is 4.74. The van der Waals surface area contributed by atoms with Crippen LogP contribution >= 0.6 is 0 Å². The van der Waals surface area contributed by atoms with Crippen LogP contribution in [-0.4, -0.2) is 13.7 Å². The SMILES string of the molecule is FCOC(OCF)=C(F)F. The molecule has 6 heteroatoms. The summed E-state index contributed by atoms with van der Waals surface area (Å²) < 4.78 is 52.1. The maximum atomic E-state index is 11.4. The van der Waals surface area contributed by atoms with Crippen molar-refractivity contribution in [2.75, 3.05) is 13.7 Å². The van der Waals surface area contributed by atoms with Gasteiger partial charge in [-0.15, -0.1) is 0 Å². The predicted molar refractivity (Wildman–Crippen MR) is 23.4 cm³/mol. The summed E-state index contributed by atoms with van der Waals surface area (Å²) in [6.45, 7) is -2.96. The molecule has 0 rings (SSSR count). The monoisotopic (exact) mass is 160 g/mol. The number of ether oxygens (including phenoxy) is 2. The molecule has 0 fully saturated rings. The molecule has 0 aliphatic heterocycles. The van der Waals surface area contributed by atoms with Crippen LogP contribution in [0, 0.1) is 0 Å². The van der Waals surface area contributed by atoms with Gasteiger partial charge in [0, 0.05) is 0 Å². The van der Waals surface area contributed by atoms with Gasteiger partial charge in [-0.3, -0.25) is 0 Å². The largest absolute Gasteiger partial charge is 0.430 e. The molecular weight excluding hydrogens is 156 g/mol. The number of rotatable bonds is 4. The fourth-order valence-electron chi connectivity index (χ4n) is 0.250. The number of alkyl halides is 2. The molecule has 0 amide bonds. The smallest absolute Gasteiger partial charge is 0.352 e. The lowest BCUT2D eigenvalue weighted by atomic mass is 10.9. The molecule has 0 unspecified atom stereocenters. The topological polar surface area (TPSA) is 18.5 Å². The molecule has 10 heavy (non-hydrogen) atoms. The highest BCUT2D eigenvalue weighted by Gasteiger charge is 2.08. The van der Waals surface area contributed by atoms with E-state index < -0.39 is 25.7 Å². The van der Waals surface area contributed by atoms with Crippen LogP contribution in [-0.2, 0) is 9.47 Å². The van der Waals surface area contributed by atoms with E-state index in [4.69, 9.17) is 0 Å². The van der Waals surface area contributed by atoms with Crippen LogP contribution < -0.4 is 0 Å². The molecular formula is C4H4F4O2. The summed E-state index contributed by atoms with van der Waals surface area (Å²) in [5.41, 5.74) is 0. The molecule has 0 saturated heterocycles. The first-order valence-electron chi connectivity index (χ1n) is 2.15. The third-order valence-electron chi connectivity index (χ3n) is 0.526. The minimum absolute atomic E-state index is 1.41. The van der Waals surface area contributed by atoms with Gasteiger partial charge in [-0.05, 0) is 0 Å². The fraction of sp³-hybridized carbons (Fsp3) is 0.500. The maximum Gasteiger partial charge on any atom is 0.352 e. The highest BCUT2D eigenvalue weighted by atomic mass is 19.3. The second-order valence-corrected chi connectivity index (χ2v) is 1.05. The molecule has 0 aromatic carbocycles. The van der Waals surface area contributed by atoms with E-state index in [0.29, 0.717) is 0 Å². The van der Waals surface area contributed by atoms with Crippen LogP contribution in [0.3, 0.4) is 0 Å². The van der Waals surface area contributed by atoms with Crippen molar-refractivity contribution in [3.63, 3.8) is 0 Å². The van der Waals surface area contributed by atoms with Gasteiger partial charge in [-0.1, -0.05) is 0 Å². The zero-order valence-corrected chi connectivity index (χ0v) is 4.74. The van der Waals surface area contributed by atoms with Gasteiger partial charge in [0.1, 0.15) is 0 Å². The Hall–Kier alpha value is -0.940. The lowest BCUT2D eigenvalue weighted by molar-refractivity contribution is -0.0422. The highest BCUT2D eigenvalue weighted by Crippen LogP contribution is 2.10. The Labute approximate surface area is 54.0 Å². The third kappa shape index (κ3) is 3.16. The molecule has 0 aliphatic rings. The molecule has 0 aliphatic carbocycles. The van der Waals surface area contributed by atoms with Crippen molar-refractivity contribution < 1.29 is 27.0 Å². The van der Waals surface area contributed by atoms with Gasteiger partial charge in [0.2, 0.25) is 13.7 Å². The molecule has 0 N–H and O–H groups in total. The Balaban J connectivity index is 3.86. The molecule has 0 saturated carbocycles. The van der Waals surface area contributed by atoms with Gasteiger partial charge in [-0.25, -0.2) is 8.78 Å². The summed E-state index contributed by atoms with van der Waals surface area (Å²) in [5.74, 6) is -1.41. The van der Waals surface area contributed by atoms with Crippen LogP contribution in [0.25, 0.3) is 0 Å². The van der Waals surface area contributed by atoms with E-state index in [1.54, 1.807) is 0 Å². The summed E-state index contributed by atoms with van der Waals surface area (Å²) in [7, 11) is 0. The van der Waals surface area contributed by atoms with Crippen LogP contribution in [0.1, 0.15) is 0 Å². The Morgan fingerprint density at radius 1 is 1.00 bits per heavy atom. The van der Waals surface area contributed by atoms with Crippen molar-refractivity contribution >= 4 is 0 Å². The first-order chi connectivity index (χ1) is 4.72. The summed E-state index contributed by atoms with van der Waals surface area (Å²) in [6.07, 6.45) is -2.39. The molecule has 60 valence electrons. The molecule has 0 aromatic rings. The number of hydrogen-bond acceptors (Lipinski definition) is 2. The molecule has 0 aromatic heterocycles. The second-order valence-electron chi connectivity index (χ2n) is 1.05. The standard InChI is InChI=1S/C4H4F4O2/c5-1-9-4(3(7)8)10-2-6/h1-2H2. The van der Waals surface area contributed by atoms with Crippen molar-refractivity contribution in [3.8, 4) is 0 Å². The van der Waals surface area contributed by atoms with E-state index >= 15 is 0 Å². The molecule has 0 spiro atoms. The highest BCUT2D eigenvalue weighted by molar-refractivity contribution is 4.81. The van der Waals surface area contributed by atoms with E-state index in [0.717, 1.165) is 0 Å². The van der Waals surface area contributed by atoms with Crippen molar-refractivity contribution in [2.45, 2.75) is 0 Å². The van der Waals surface area contributed by atoms with Gasteiger partial charge in [0.15, 0.2) is 0 Å². The van der Waals surface area contributed by atoms with E-state index in [1.807, 2.05) is 0 Å². The molecule has 0 bridgehead atoms. The van der Waals surface area contributed by atoms with Crippen LogP contribution in [0.2, 0.25) is 0 Å². The average Bonchev–Trinajstić information content (AvgIpc) is 1.87. The number of halogens is 4. The minimum Gasteiger partial charge on any atom is -0.430 e. The van der Waals surface area contributed by atoms with Crippen LogP contribution in [0.4, 0.5) is 17.6 Å². The minimum atomic E-state index is -2.39.